The van der Waals surface area contributed by atoms with Crippen molar-refractivity contribution >= 4 is 17.2 Å². The Bertz CT molecular complexity index is 653. The van der Waals surface area contributed by atoms with Gasteiger partial charge in [-0.25, -0.2) is 4.98 Å². The summed E-state index contributed by atoms with van der Waals surface area (Å²) in [4.78, 5) is 16.1. The number of nitrogens with zero attached hydrogens (tertiary/aromatic N) is 1. The van der Waals surface area contributed by atoms with E-state index in [-0.39, 0.29) is 18.1 Å². The number of carbonyl (C=O) groups excluding carboxylic acids is 1. The molecule has 1 aromatic carbocycles. The Labute approximate surface area is 135 Å². The third kappa shape index (κ3) is 6.27. The summed E-state index contributed by atoms with van der Waals surface area (Å²) in [5, 5.41) is 5.66. The van der Waals surface area contributed by atoms with Gasteiger partial charge in [0.05, 0.1) is 11.4 Å². The third-order valence-electron chi connectivity index (χ3n) is 2.85. The van der Waals surface area contributed by atoms with Gasteiger partial charge in [0.15, 0.2) is 0 Å². The molecule has 0 radical (unpaired) electrons. The first-order valence-electron chi connectivity index (χ1n) is 6.84. The predicted molar refractivity (Wildman–Crippen MR) is 80.4 cm³/mol. The second-order valence-electron chi connectivity index (χ2n) is 4.85. The molecule has 23 heavy (non-hydrogen) atoms. The van der Waals surface area contributed by atoms with Crippen LogP contribution in [0.2, 0.25) is 0 Å². The van der Waals surface area contributed by atoms with Crippen molar-refractivity contribution in [3.05, 3.63) is 45.9 Å². The van der Waals surface area contributed by atoms with Crippen molar-refractivity contribution in [2.75, 3.05) is 6.54 Å². The van der Waals surface area contributed by atoms with E-state index >= 15 is 0 Å². The van der Waals surface area contributed by atoms with Crippen molar-refractivity contribution in [1.29, 1.82) is 0 Å². The molecule has 0 aliphatic heterocycles. The number of rotatable bonds is 6. The van der Waals surface area contributed by atoms with E-state index in [0.717, 1.165) is 10.7 Å². The molecule has 4 nitrogen and oxygen atoms in total. The van der Waals surface area contributed by atoms with Gasteiger partial charge in [-0.2, -0.15) is 0 Å². The highest BCUT2D eigenvalue weighted by Gasteiger charge is 2.30. The van der Waals surface area contributed by atoms with Gasteiger partial charge in [-0.15, -0.1) is 24.5 Å². The van der Waals surface area contributed by atoms with Crippen molar-refractivity contribution in [2.24, 2.45) is 0 Å². The monoisotopic (exact) mass is 344 g/mol. The minimum atomic E-state index is -4.72. The number of aromatic nitrogens is 1. The molecule has 2 rings (SSSR count). The Morgan fingerprint density at radius 2 is 2.00 bits per heavy atom. The Morgan fingerprint density at radius 3 is 2.57 bits per heavy atom. The van der Waals surface area contributed by atoms with Crippen LogP contribution in [0, 0.1) is 6.92 Å². The molecule has 0 atom stereocenters. The van der Waals surface area contributed by atoms with Gasteiger partial charge in [0, 0.05) is 24.0 Å². The molecular formula is C15H15F3N2O2S. The molecule has 124 valence electrons. The SMILES string of the molecule is Cc1csc(CCNC(=O)Cc2ccc(OC(F)(F)F)cc2)n1. The van der Waals surface area contributed by atoms with Crippen LogP contribution in [0.5, 0.6) is 5.75 Å². The predicted octanol–water partition coefficient (Wildman–Crippen LogP) is 3.25. The second-order valence-corrected chi connectivity index (χ2v) is 5.79. The summed E-state index contributed by atoms with van der Waals surface area (Å²) < 4.78 is 39.9. The summed E-state index contributed by atoms with van der Waals surface area (Å²) >= 11 is 1.54. The minimum Gasteiger partial charge on any atom is -0.406 e. The lowest BCUT2D eigenvalue weighted by atomic mass is 10.1. The molecule has 1 N–H and O–H groups in total. The van der Waals surface area contributed by atoms with E-state index in [1.54, 1.807) is 11.3 Å². The number of hydrogen-bond acceptors (Lipinski definition) is 4. The van der Waals surface area contributed by atoms with Gasteiger partial charge in [-0.3, -0.25) is 4.79 Å². The maximum Gasteiger partial charge on any atom is 0.573 e. The summed E-state index contributed by atoms with van der Waals surface area (Å²) in [6.07, 6.45) is -3.96. The van der Waals surface area contributed by atoms with E-state index < -0.39 is 6.36 Å². The van der Waals surface area contributed by atoms with Gasteiger partial charge < -0.3 is 10.1 Å². The first-order chi connectivity index (χ1) is 10.8. The number of alkyl halides is 3. The van der Waals surface area contributed by atoms with Crippen LogP contribution in [-0.4, -0.2) is 23.8 Å². The van der Waals surface area contributed by atoms with Gasteiger partial charge in [-0.1, -0.05) is 12.1 Å². The lowest BCUT2D eigenvalue weighted by molar-refractivity contribution is -0.274. The van der Waals surface area contributed by atoms with E-state index in [1.165, 1.54) is 24.3 Å². The Balaban J connectivity index is 1.76. The Hall–Kier alpha value is -2.09. The topological polar surface area (TPSA) is 51.2 Å². The molecular weight excluding hydrogens is 329 g/mol. The maximum atomic E-state index is 12.0. The van der Waals surface area contributed by atoms with Gasteiger partial charge in [0.2, 0.25) is 5.91 Å². The number of halogens is 3. The van der Waals surface area contributed by atoms with Gasteiger partial charge in [-0.05, 0) is 24.6 Å². The van der Waals surface area contributed by atoms with E-state index in [1.807, 2.05) is 12.3 Å². The number of aryl methyl sites for hydroxylation is 1. The highest BCUT2D eigenvalue weighted by molar-refractivity contribution is 7.09. The molecule has 0 aliphatic carbocycles. The van der Waals surface area contributed by atoms with Crippen molar-refractivity contribution in [2.45, 2.75) is 26.1 Å². The minimum absolute atomic E-state index is 0.100. The molecule has 0 unspecified atom stereocenters. The van der Waals surface area contributed by atoms with Crippen molar-refractivity contribution in [1.82, 2.24) is 10.3 Å². The quantitative estimate of drug-likeness (QED) is 0.875. The largest absolute Gasteiger partial charge is 0.573 e. The highest BCUT2D eigenvalue weighted by atomic mass is 32.1. The number of hydrogen-bond donors (Lipinski definition) is 1. The molecule has 0 saturated heterocycles. The average Bonchev–Trinajstić information content (AvgIpc) is 2.85. The lowest BCUT2D eigenvalue weighted by Crippen LogP contribution is -2.27. The fourth-order valence-electron chi connectivity index (χ4n) is 1.88. The zero-order valence-electron chi connectivity index (χ0n) is 12.3. The molecule has 1 heterocycles. The van der Waals surface area contributed by atoms with Crippen LogP contribution in [0.15, 0.2) is 29.6 Å². The normalized spacial score (nSPS) is 11.3. The molecule has 2 aromatic rings. The molecule has 1 amide bonds. The summed E-state index contributed by atoms with van der Waals surface area (Å²) in [6.45, 7) is 2.38. The van der Waals surface area contributed by atoms with Crippen LogP contribution < -0.4 is 10.1 Å². The maximum absolute atomic E-state index is 12.0. The fraction of sp³-hybridized carbons (Fsp3) is 0.333. The first-order valence-corrected chi connectivity index (χ1v) is 7.72. The van der Waals surface area contributed by atoms with Crippen LogP contribution >= 0.6 is 11.3 Å². The lowest BCUT2D eigenvalue weighted by Gasteiger charge is -2.09. The van der Waals surface area contributed by atoms with E-state index in [9.17, 15) is 18.0 Å². The number of ether oxygens (including phenoxy) is 1. The number of benzene rings is 1. The molecule has 0 saturated carbocycles. The molecule has 0 fully saturated rings. The van der Waals surface area contributed by atoms with Crippen molar-refractivity contribution < 1.29 is 22.7 Å². The van der Waals surface area contributed by atoms with E-state index in [4.69, 9.17) is 0 Å². The molecule has 1 aromatic heterocycles. The zero-order valence-corrected chi connectivity index (χ0v) is 13.1. The summed E-state index contributed by atoms with van der Waals surface area (Å²) in [5.41, 5.74) is 1.57. The van der Waals surface area contributed by atoms with Crippen molar-refractivity contribution in [3.8, 4) is 5.75 Å². The third-order valence-corrected chi connectivity index (χ3v) is 3.88. The Kier molecular flexibility index (Phi) is 5.59. The summed E-state index contributed by atoms with van der Waals surface area (Å²) in [7, 11) is 0. The van der Waals surface area contributed by atoms with Gasteiger partial charge >= 0.3 is 6.36 Å². The summed E-state index contributed by atoms with van der Waals surface area (Å²) in [5.74, 6) is -0.497. The van der Waals surface area contributed by atoms with Crippen LogP contribution in [-0.2, 0) is 17.6 Å². The van der Waals surface area contributed by atoms with Crippen LogP contribution in [0.4, 0.5) is 13.2 Å². The van der Waals surface area contributed by atoms with Crippen LogP contribution in [0.25, 0.3) is 0 Å². The second kappa shape index (κ2) is 7.45. The molecule has 0 bridgehead atoms. The summed E-state index contributed by atoms with van der Waals surface area (Å²) in [6, 6.07) is 5.25. The molecule has 0 spiro atoms. The highest BCUT2D eigenvalue weighted by Crippen LogP contribution is 2.22. The fourth-order valence-corrected chi connectivity index (χ4v) is 2.66. The van der Waals surface area contributed by atoms with Crippen LogP contribution in [0.3, 0.4) is 0 Å². The van der Waals surface area contributed by atoms with Gasteiger partial charge in [0.25, 0.3) is 0 Å². The number of carbonyl (C=O) groups is 1. The zero-order chi connectivity index (χ0) is 16.9. The van der Waals surface area contributed by atoms with Crippen molar-refractivity contribution in [3.63, 3.8) is 0 Å². The van der Waals surface area contributed by atoms with E-state index in [0.29, 0.717) is 18.5 Å². The molecule has 0 aliphatic rings. The molecule has 8 heteroatoms. The standard InChI is InChI=1S/C15H15F3N2O2S/c1-10-9-23-14(20-10)6-7-19-13(21)8-11-2-4-12(5-3-11)22-15(16,17)18/h2-5,9H,6-8H2,1H3,(H,19,21). The van der Waals surface area contributed by atoms with Crippen LogP contribution in [0.1, 0.15) is 16.3 Å². The number of amides is 1. The number of nitrogens with one attached hydrogen (secondary N) is 1. The smallest absolute Gasteiger partial charge is 0.406 e. The average molecular weight is 344 g/mol. The number of thiazole rings is 1. The Morgan fingerprint density at radius 1 is 1.30 bits per heavy atom. The van der Waals surface area contributed by atoms with E-state index in [2.05, 4.69) is 15.0 Å². The van der Waals surface area contributed by atoms with Gasteiger partial charge in [0.1, 0.15) is 5.75 Å². The first kappa shape index (κ1) is 17.3.